The van der Waals surface area contributed by atoms with E-state index in [1.54, 1.807) is 6.92 Å². The maximum absolute atomic E-state index is 12.6. The van der Waals surface area contributed by atoms with Gasteiger partial charge in [0, 0.05) is 11.1 Å². The van der Waals surface area contributed by atoms with Crippen molar-refractivity contribution in [2.24, 2.45) is 0 Å². The molecule has 1 aromatic heterocycles. The standard InChI is InChI=1S/C17H9BrO6/c1-7-12(18)15(21)14(20)11-10(6-24-16(7)11)13(19)8-2-4-9(5-3-8)17(22)23/h2-6H,1H3,(H,22,23). The quantitative estimate of drug-likeness (QED) is 0.640. The molecule has 0 saturated carbocycles. The van der Waals surface area contributed by atoms with Crippen LogP contribution in [0.2, 0.25) is 0 Å². The van der Waals surface area contributed by atoms with Gasteiger partial charge >= 0.3 is 5.97 Å². The van der Waals surface area contributed by atoms with Gasteiger partial charge in [0.2, 0.25) is 11.6 Å². The predicted molar refractivity (Wildman–Crippen MR) is 86.4 cm³/mol. The fourth-order valence-corrected chi connectivity index (χ4v) is 2.79. The van der Waals surface area contributed by atoms with Gasteiger partial charge in [-0.1, -0.05) is 12.1 Å². The lowest BCUT2D eigenvalue weighted by Crippen LogP contribution is -2.22. The molecule has 0 spiro atoms. The van der Waals surface area contributed by atoms with Gasteiger partial charge in [0.25, 0.3) is 0 Å². The summed E-state index contributed by atoms with van der Waals surface area (Å²) in [6.07, 6.45) is 1.14. The number of hydrogen-bond acceptors (Lipinski definition) is 5. The van der Waals surface area contributed by atoms with E-state index in [1.807, 2.05) is 0 Å². The Morgan fingerprint density at radius 1 is 1.04 bits per heavy atom. The molecule has 0 bridgehead atoms. The number of halogens is 1. The topological polar surface area (TPSA) is 102 Å². The highest BCUT2D eigenvalue weighted by Gasteiger charge is 2.36. The van der Waals surface area contributed by atoms with Crippen molar-refractivity contribution >= 4 is 44.8 Å². The second-order valence-corrected chi connectivity index (χ2v) is 5.96. The number of fused-ring (bicyclic) bond motifs is 1. The van der Waals surface area contributed by atoms with E-state index >= 15 is 0 Å². The molecule has 3 rings (SSSR count). The monoisotopic (exact) mass is 388 g/mol. The number of furan rings is 1. The minimum absolute atomic E-state index is 0.0224. The van der Waals surface area contributed by atoms with E-state index in [2.05, 4.69) is 15.9 Å². The Bertz CT molecular complexity index is 946. The SMILES string of the molecule is CC1=C(Br)C(=O)C(=O)c2c(C(=O)c3ccc(C(=O)O)cc3)coc21. The molecule has 0 saturated heterocycles. The summed E-state index contributed by atoms with van der Waals surface area (Å²) in [5, 5.41) is 8.88. The molecular weight excluding hydrogens is 380 g/mol. The Kier molecular flexibility index (Phi) is 3.81. The fraction of sp³-hybridized carbons (Fsp3) is 0.0588. The van der Waals surface area contributed by atoms with Gasteiger partial charge in [-0.05, 0) is 35.0 Å². The number of allylic oxidation sites excluding steroid dienone is 2. The average Bonchev–Trinajstić information content (AvgIpc) is 3.02. The number of carboxylic acids is 1. The maximum atomic E-state index is 12.6. The number of hydrogen-bond donors (Lipinski definition) is 1. The van der Waals surface area contributed by atoms with E-state index in [9.17, 15) is 19.2 Å². The predicted octanol–water partition coefficient (Wildman–Crippen LogP) is 3.10. The van der Waals surface area contributed by atoms with Gasteiger partial charge in [0.1, 0.15) is 12.0 Å². The smallest absolute Gasteiger partial charge is 0.335 e. The van der Waals surface area contributed by atoms with Crippen LogP contribution in [0.5, 0.6) is 0 Å². The summed E-state index contributed by atoms with van der Waals surface area (Å²) in [6, 6.07) is 5.27. The Hall–Kier alpha value is -2.80. The number of benzene rings is 1. The summed E-state index contributed by atoms with van der Waals surface area (Å²) in [5.41, 5.74) is 0.582. The number of ketones is 3. The Morgan fingerprint density at radius 3 is 2.21 bits per heavy atom. The fourth-order valence-electron chi connectivity index (χ4n) is 2.43. The van der Waals surface area contributed by atoms with E-state index in [-0.39, 0.29) is 32.5 Å². The van der Waals surface area contributed by atoms with Crippen molar-refractivity contribution in [3.05, 3.63) is 63.0 Å². The van der Waals surface area contributed by atoms with Gasteiger partial charge in [-0.2, -0.15) is 0 Å². The molecule has 6 nitrogen and oxygen atoms in total. The first kappa shape index (κ1) is 16.1. The van der Waals surface area contributed by atoms with Gasteiger partial charge in [0.15, 0.2) is 5.78 Å². The first-order valence-electron chi connectivity index (χ1n) is 6.78. The van der Waals surface area contributed by atoms with E-state index in [0.29, 0.717) is 5.57 Å². The number of rotatable bonds is 3. The molecular formula is C17H9BrO6. The third kappa shape index (κ3) is 2.33. The van der Waals surface area contributed by atoms with Crippen LogP contribution in [-0.2, 0) is 4.79 Å². The molecule has 1 aliphatic carbocycles. The molecule has 1 aliphatic rings. The van der Waals surface area contributed by atoms with Crippen LogP contribution in [0.4, 0.5) is 0 Å². The van der Waals surface area contributed by atoms with Crippen molar-refractivity contribution < 1.29 is 28.7 Å². The first-order chi connectivity index (χ1) is 11.3. The molecule has 0 radical (unpaired) electrons. The number of aromatic carboxylic acids is 1. The molecule has 120 valence electrons. The van der Waals surface area contributed by atoms with Crippen LogP contribution in [0, 0.1) is 0 Å². The Morgan fingerprint density at radius 2 is 1.62 bits per heavy atom. The molecule has 0 amide bonds. The maximum Gasteiger partial charge on any atom is 0.335 e. The molecule has 7 heteroatoms. The molecule has 1 heterocycles. The van der Waals surface area contributed by atoms with Crippen molar-refractivity contribution in [2.75, 3.05) is 0 Å². The summed E-state index contributed by atoms with van der Waals surface area (Å²) in [5.74, 6) is -3.01. The molecule has 0 aliphatic heterocycles. The van der Waals surface area contributed by atoms with Crippen molar-refractivity contribution in [2.45, 2.75) is 6.92 Å². The summed E-state index contributed by atoms with van der Waals surface area (Å²) >= 11 is 3.05. The summed E-state index contributed by atoms with van der Waals surface area (Å²) in [4.78, 5) is 47.6. The van der Waals surface area contributed by atoms with Crippen molar-refractivity contribution in [1.82, 2.24) is 0 Å². The first-order valence-corrected chi connectivity index (χ1v) is 7.57. The molecule has 0 fully saturated rings. The lowest BCUT2D eigenvalue weighted by atomic mass is 9.90. The van der Waals surface area contributed by atoms with E-state index in [1.165, 1.54) is 24.3 Å². The van der Waals surface area contributed by atoms with Gasteiger partial charge in [-0.3, -0.25) is 14.4 Å². The van der Waals surface area contributed by atoms with Crippen LogP contribution in [0.3, 0.4) is 0 Å². The highest BCUT2D eigenvalue weighted by molar-refractivity contribution is 9.12. The van der Waals surface area contributed by atoms with E-state index < -0.39 is 23.3 Å². The van der Waals surface area contributed by atoms with Crippen LogP contribution in [0.25, 0.3) is 5.57 Å². The largest absolute Gasteiger partial charge is 0.478 e. The second kappa shape index (κ2) is 5.68. The third-order valence-corrected chi connectivity index (χ3v) is 4.69. The second-order valence-electron chi connectivity index (χ2n) is 5.16. The summed E-state index contributed by atoms with van der Waals surface area (Å²) in [6.45, 7) is 1.60. The number of carbonyl (C=O) groups is 4. The highest BCUT2D eigenvalue weighted by Crippen LogP contribution is 2.35. The minimum Gasteiger partial charge on any atom is -0.478 e. The molecule has 1 N–H and O–H groups in total. The lowest BCUT2D eigenvalue weighted by Gasteiger charge is -2.11. The zero-order valence-electron chi connectivity index (χ0n) is 12.3. The molecule has 24 heavy (non-hydrogen) atoms. The molecule has 1 aromatic carbocycles. The van der Waals surface area contributed by atoms with Gasteiger partial charge in [0.05, 0.1) is 21.2 Å². The Balaban J connectivity index is 2.08. The summed E-state index contributed by atoms with van der Waals surface area (Å²) in [7, 11) is 0. The average molecular weight is 389 g/mol. The number of Topliss-reactive ketones (excluding diaryl/α,β-unsaturated/α-hetero) is 2. The molecule has 0 atom stereocenters. The van der Waals surface area contributed by atoms with Gasteiger partial charge < -0.3 is 9.52 Å². The van der Waals surface area contributed by atoms with Crippen molar-refractivity contribution in [3.8, 4) is 0 Å². The normalized spacial score (nSPS) is 13.9. The molecule has 0 unspecified atom stereocenters. The van der Waals surface area contributed by atoms with E-state index in [0.717, 1.165) is 6.26 Å². The Labute approximate surface area is 143 Å². The third-order valence-electron chi connectivity index (χ3n) is 3.73. The van der Waals surface area contributed by atoms with Crippen LogP contribution in [-0.4, -0.2) is 28.4 Å². The summed E-state index contributed by atoms with van der Waals surface area (Å²) < 4.78 is 5.43. The highest BCUT2D eigenvalue weighted by atomic mass is 79.9. The minimum atomic E-state index is -1.11. The lowest BCUT2D eigenvalue weighted by molar-refractivity contribution is -0.111. The van der Waals surface area contributed by atoms with Crippen molar-refractivity contribution in [3.63, 3.8) is 0 Å². The van der Waals surface area contributed by atoms with Crippen LogP contribution in [0.1, 0.15) is 49.3 Å². The van der Waals surface area contributed by atoms with Gasteiger partial charge in [-0.15, -0.1) is 0 Å². The zero-order valence-corrected chi connectivity index (χ0v) is 13.8. The number of carbonyl (C=O) groups excluding carboxylic acids is 3. The van der Waals surface area contributed by atoms with Crippen LogP contribution in [0.15, 0.2) is 39.4 Å². The zero-order chi connectivity index (χ0) is 17.6. The molecule has 2 aromatic rings. The number of carboxylic acid groups (broad SMARTS) is 1. The van der Waals surface area contributed by atoms with Crippen LogP contribution < -0.4 is 0 Å². The van der Waals surface area contributed by atoms with E-state index in [4.69, 9.17) is 9.52 Å². The van der Waals surface area contributed by atoms with Crippen molar-refractivity contribution in [1.29, 1.82) is 0 Å². The van der Waals surface area contributed by atoms with Gasteiger partial charge in [-0.25, -0.2) is 4.79 Å². The van der Waals surface area contributed by atoms with Crippen LogP contribution >= 0.6 is 15.9 Å².